The zero-order valence-corrected chi connectivity index (χ0v) is 16.9. The second-order valence-electron chi connectivity index (χ2n) is 6.03. The Morgan fingerprint density at radius 2 is 2.25 bits per heavy atom. The van der Waals surface area contributed by atoms with Crippen LogP contribution in [0, 0.1) is 18.8 Å². The summed E-state index contributed by atoms with van der Waals surface area (Å²) in [4.78, 5) is 18.0. The smallest absolute Gasteiger partial charge is 0.229 e. The van der Waals surface area contributed by atoms with Crippen molar-refractivity contribution in [1.29, 1.82) is 0 Å². The molecule has 0 saturated carbocycles. The summed E-state index contributed by atoms with van der Waals surface area (Å²) in [6.07, 6.45) is 0.834. The Labute approximate surface area is 161 Å². The zero-order valence-electron chi connectivity index (χ0n) is 13.6. The van der Waals surface area contributed by atoms with Gasteiger partial charge in [-0.3, -0.25) is 4.79 Å². The van der Waals surface area contributed by atoms with Gasteiger partial charge in [0.05, 0.1) is 5.69 Å². The Hall–Kier alpha value is -0.950. The molecule has 7 heteroatoms. The predicted octanol–water partition coefficient (Wildman–Crippen LogP) is 4.02. The van der Waals surface area contributed by atoms with Crippen LogP contribution in [0.25, 0.3) is 0 Å². The van der Waals surface area contributed by atoms with Crippen molar-refractivity contribution < 1.29 is 4.79 Å². The molecule has 3 rings (SSSR count). The molecule has 0 radical (unpaired) electrons. The fraction of sp³-hybridized carbons (Fsp3) is 0.412. The van der Waals surface area contributed by atoms with E-state index < -0.39 is 0 Å². The van der Waals surface area contributed by atoms with Crippen LogP contribution >= 0.6 is 39.7 Å². The Bertz CT molecular complexity index is 718. The summed E-state index contributed by atoms with van der Waals surface area (Å²) in [5, 5.41) is 6.89. The van der Waals surface area contributed by atoms with E-state index in [2.05, 4.69) is 43.7 Å². The highest BCUT2D eigenvalue weighted by Crippen LogP contribution is 2.27. The summed E-state index contributed by atoms with van der Waals surface area (Å²) >= 11 is 5.07. The van der Waals surface area contributed by atoms with Crippen LogP contribution in [0.1, 0.15) is 23.1 Å². The monoisotopic (exact) mass is 429 g/mol. The predicted molar refractivity (Wildman–Crippen MR) is 105 cm³/mol. The third-order valence-electron chi connectivity index (χ3n) is 4.31. The summed E-state index contributed by atoms with van der Waals surface area (Å²) in [7, 11) is 0. The zero-order chi connectivity index (χ0) is 16.4. The van der Waals surface area contributed by atoms with E-state index in [0.29, 0.717) is 11.0 Å². The van der Waals surface area contributed by atoms with Crippen LogP contribution in [0.3, 0.4) is 0 Å². The number of halogens is 2. The van der Waals surface area contributed by atoms with E-state index in [1.807, 2.05) is 26.0 Å². The van der Waals surface area contributed by atoms with Crippen LogP contribution in [0.4, 0.5) is 5.13 Å². The third-order valence-corrected chi connectivity index (χ3v) is 5.88. The van der Waals surface area contributed by atoms with Crippen LogP contribution in [-0.2, 0) is 11.2 Å². The second kappa shape index (κ2) is 8.43. The molecule has 1 aromatic carbocycles. The van der Waals surface area contributed by atoms with Crippen molar-refractivity contribution in [2.45, 2.75) is 20.3 Å². The van der Waals surface area contributed by atoms with Gasteiger partial charge in [-0.05, 0) is 43.6 Å². The van der Waals surface area contributed by atoms with Crippen molar-refractivity contribution in [1.82, 2.24) is 10.3 Å². The molecule has 0 spiro atoms. The number of amides is 1. The van der Waals surface area contributed by atoms with Gasteiger partial charge in [0.2, 0.25) is 5.91 Å². The molecule has 24 heavy (non-hydrogen) atoms. The van der Waals surface area contributed by atoms with Crippen LogP contribution in [-0.4, -0.2) is 24.0 Å². The highest BCUT2D eigenvalue weighted by molar-refractivity contribution is 9.10. The number of aryl methyl sites for hydroxylation is 1. The van der Waals surface area contributed by atoms with Gasteiger partial charge >= 0.3 is 0 Å². The SMILES string of the molecule is Cc1nc(NC(=O)C(C)C2CNC2)sc1Cc1cccc(Br)c1.Cl. The number of aromatic nitrogens is 1. The summed E-state index contributed by atoms with van der Waals surface area (Å²) < 4.78 is 1.08. The molecular formula is C17H21BrClN3OS. The number of benzene rings is 1. The minimum absolute atomic E-state index is 0. The first-order chi connectivity index (χ1) is 11.0. The molecule has 130 valence electrons. The van der Waals surface area contributed by atoms with E-state index in [0.717, 1.165) is 29.7 Å². The van der Waals surface area contributed by atoms with Gasteiger partial charge in [-0.2, -0.15) is 0 Å². The van der Waals surface area contributed by atoms with Crippen molar-refractivity contribution in [3.05, 3.63) is 44.9 Å². The first-order valence-corrected chi connectivity index (χ1v) is 9.36. The Balaban J connectivity index is 0.00000208. The van der Waals surface area contributed by atoms with Crippen molar-refractivity contribution >= 4 is 50.7 Å². The highest BCUT2D eigenvalue weighted by atomic mass is 79.9. The van der Waals surface area contributed by atoms with Gasteiger partial charge < -0.3 is 10.6 Å². The molecule has 1 atom stereocenters. The molecule has 2 N–H and O–H groups in total. The molecule has 1 fully saturated rings. The van der Waals surface area contributed by atoms with E-state index >= 15 is 0 Å². The standard InChI is InChI=1S/C17H20BrN3OS.ClH/c1-10(13-8-19-9-13)16(22)21-17-20-11(2)15(23-17)7-12-4-3-5-14(18)6-12;/h3-6,10,13,19H,7-9H2,1-2H3,(H,20,21,22);1H. The number of hydrogen-bond acceptors (Lipinski definition) is 4. The largest absolute Gasteiger partial charge is 0.316 e. The molecule has 2 heterocycles. The Kier molecular flexibility index (Phi) is 6.80. The third kappa shape index (κ3) is 4.57. The molecule has 1 aliphatic rings. The van der Waals surface area contributed by atoms with Crippen LogP contribution < -0.4 is 10.6 Å². The van der Waals surface area contributed by atoms with Crippen molar-refractivity contribution in [3.8, 4) is 0 Å². The van der Waals surface area contributed by atoms with E-state index in [4.69, 9.17) is 0 Å². The van der Waals surface area contributed by atoms with Gasteiger partial charge in [-0.15, -0.1) is 23.7 Å². The fourth-order valence-corrected chi connectivity index (χ4v) is 4.02. The summed E-state index contributed by atoms with van der Waals surface area (Å²) in [6, 6.07) is 8.27. The molecule has 4 nitrogen and oxygen atoms in total. The van der Waals surface area contributed by atoms with Gasteiger partial charge in [0.15, 0.2) is 5.13 Å². The maximum atomic E-state index is 12.3. The number of carbonyl (C=O) groups excluding carboxylic acids is 1. The topological polar surface area (TPSA) is 54.0 Å². The molecule has 1 unspecified atom stereocenters. The number of anilines is 1. The number of rotatable bonds is 5. The molecule has 1 aromatic heterocycles. The molecule has 1 aliphatic heterocycles. The second-order valence-corrected chi connectivity index (χ2v) is 8.03. The first kappa shape index (κ1) is 19.4. The molecule has 1 amide bonds. The van der Waals surface area contributed by atoms with E-state index in [9.17, 15) is 4.79 Å². The van der Waals surface area contributed by atoms with E-state index in [1.54, 1.807) is 11.3 Å². The van der Waals surface area contributed by atoms with Gasteiger partial charge in [0.1, 0.15) is 0 Å². The van der Waals surface area contributed by atoms with Gasteiger partial charge in [0, 0.05) is 21.7 Å². The fourth-order valence-electron chi connectivity index (χ4n) is 2.58. The van der Waals surface area contributed by atoms with Gasteiger partial charge in [-0.25, -0.2) is 4.98 Å². The lowest BCUT2D eigenvalue weighted by atomic mass is 9.88. The van der Waals surface area contributed by atoms with Gasteiger partial charge in [0.25, 0.3) is 0 Å². The lowest BCUT2D eigenvalue weighted by molar-refractivity contribution is -0.121. The van der Waals surface area contributed by atoms with Crippen molar-refractivity contribution in [2.24, 2.45) is 11.8 Å². The van der Waals surface area contributed by atoms with E-state index in [-0.39, 0.29) is 24.2 Å². The number of nitrogens with one attached hydrogen (secondary N) is 2. The van der Waals surface area contributed by atoms with Crippen LogP contribution in [0.5, 0.6) is 0 Å². The maximum Gasteiger partial charge on any atom is 0.229 e. The summed E-state index contributed by atoms with van der Waals surface area (Å²) in [5.41, 5.74) is 2.22. The normalized spacial score (nSPS) is 15.3. The minimum atomic E-state index is 0. The maximum absolute atomic E-state index is 12.3. The molecule has 1 saturated heterocycles. The van der Waals surface area contributed by atoms with Crippen LogP contribution in [0.2, 0.25) is 0 Å². The summed E-state index contributed by atoms with van der Waals surface area (Å²) in [6.45, 7) is 5.85. The minimum Gasteiger partial charge on any atom is -0.316 e. The van der Waals surface area contributed by atoms with E-state index in [1.165, 1.54) is 10.4 Å². The molecule has 0 bridgehead atoms. The number of carbonyl (C=O) groups is 1. The van der Waals surface area contributed by atoms with Crippen molar-refractivity contribution in [3.63, 3.8) is 0 Å². The quantitative estimate of drug-likeness (QED) is 0.753. The van der Waals surface area contributed by atoms with Crippen LogP contribution in [0.15, 0.2) is 28.7 Å². The van der Waals surface area contributed by atoms with Gasteiger partial charge in [-0.1, -0.05) is 35.0 Å². The highest BCUT2D eigenvalue weighted by Gasteiger charge is 2.29. The first-order valence-electron chi connectivity index (χ1n) is 7.75. The molecular weight excluding hydrogens is 410 g/mol. The molecule has 2 aromatic rings. The average molecular weight is 431 g/mol. The lowest BCUT2D eigenvalue weighted by Crippen LogP contribution is -2.48. The number of thiazole rings is 1. The molecule has 0 aliphatic carbocycles. The van der Waals surface area contributed by atoms with Crippen molar-refractivity contribution in [2.75, 3.05) is 18.4 Å². The average Bonchev–Trinajstić information content (AvgIpc) is 2.76. The number of hydrogen-bond donors (Lipinski definition) is 2. The summed E-state index contributed by atoms with van der Waals surface area (Å²) in [5.74, 6) is 0.533. The lowest BCUT2D eigenvalue weighted by Gasteiger charge is -2.31. The number of nitrogens with zero attached hydrogens (tertiary/aromatic N) is 1. The Morgan fingerprint density at radius 1 is 1.50 bits per heavy atom. The Morgan fingerprint density at radius 3 is 2.88 bits per heavy atom.